The SMILES string of the molecule is C[C@H]1CC(=O)Nc2ccccc2N1C(=O)CSc1ccc(O)cc1. The van der Waals surface area contributed by atoms with Gasteiger partial charge in [-0.3, -0.25) is 9.59 Å². The van der Waals surface area contributed by atoms with E-state index in [0.717, 1.165) is 10.6 Å². The van der Waals surface area contributed by atoms with Gasteiger partial charge in [0.1, 0.15) is 5.75 Å². The predicted octanol–water partition coefficient (Wildman–Crippen LogP) is 3.25. The van der Waals surface area contributed by atoms with Crippen molar-refractivity contribution in [3.05, 3.63) is 48.5 Å². The Morgan fingerprint density at radius 2 is 1.96 bits per heavy atom. The summed E-state index contributed by atoms with van der Waals surface area (Å²) in [5, 5.41) is 12.2. The third kappa shape index (κ3) is 3.54. The summed E-state index contributed by atoms with van der Waals surface area (Å²) in [6.07, 6.45) is 0.268. The van der Waals surface area contributed by atoms with Gasteiger partial charge >= 0.3 is 0 Å². The molecule has 0 saturated carbocycles. The largest absolute Gasteiger partial charge is 0.508 e. The van der Waals surface area contributed by atoms with Crippen LogP contribution in [0.1, 0.15) is 13.3 Å². The molecule has 0 bridgehead atoms. The van der Waals surface area contributed by atoms with E-state index in [-0.39, 0.29) is 35.8 Å². The van der Waals surface area contributed by atoms with E-state index in [1.807, 2.05) is 25.1 Å². The zero-order valence-electron chi connectivity index (χ0n) is 13.2. The Labute approximate surface area is 144 Å². The Bertz CT molecular complexity index is 761. The summed E-state index contributed by atoms with van der Waals surface area (Å²) in [5.41, 5.74) is 1.39. The number of rotatable bonds is 3. The Hall–Kier alpha value is -2.47. The molecule has 0 aromatic heterocycles. The van der Waals surface area contributed by atoms with E-state index >= 15 is 0 Å². The number of hydrogen-bond donors (Lipinski definition) is 2. The van der Waals surface area contributed by atoms with Crippen LogP contribution in [0.25, 0.3) is 0 Å². The van der Waals surface area contributed by atoms with Gasteiger partial charge in [0, 0.05) is 17.4 Å². The summed E-state index contributed by atoms with van der Waals surface area (Å²) in [6, 6.07) is 13.9. The number of carbonyl (C=O) groups excluding carboxylic acids is 2. The van der Waals surface area contributed by atoms with Gasteiger partial charge in [-0.15, -0.1) is 11.8 Å². The lowest BCUT2D eigenvalue weighted by molar-refractivity contribution is -0.117. The molecule has 2 N–H and O–H groups in total. The topological polar surface area (TPSA) is 69.6 Å². The first-order valence-electron chi connectivity index (χ1n) is 7.67. The van der Waals surface area contributed by atoms with Crippen LogP contribution in [0.4, 0.5) is 11.4 Å². The van der Waals surface area contributed by atoms with Crippen LogP contribution in [-0.2, 0) is 9.59 Å². The number of nitrogens with one attached hydrogen (secondary N) is 1. The van der Waals surface area contributed by atoms with Gasteiger partial charge in [-0.05, 0) is 43.3 Å². The molecule has 1 aliphatic heterocycles. The van der Waals surface area contributed by atoms with Crippen molar-refractivity contribution in [3.8, 4) is 5.75 Å². The van der Waals surface area contributed by atoms with Crippen LogP contribution in [0.5, 0.6) is 5.75 Å². The van der Waals surface area contributed by atoms with Gasteiger partial charge in [-0.1, -0.05) is 12.1 Å². The fraction of sp³-hybridized carbons (Fsp3) is 0.222. The van der Waals surface area contributed by atoms with Gasteiger partial charge in [-0.2, -0.15) is 0 Å². The highest BCUT2D eigenvalue weighted by atomic mass is 32.2. The van der Waals surface area contributed by atoms with E-state index in [4.69, 9.17) is 0 Å². The molecule has 1 atom stereocenters. The lowest BCUT2D eigenvalue weighted by atomic mass is 10.2. The van der Waals surface area contributed by atoms with Gasteiger partial charge in [0.25, 0.3) is 0 Å². The predicted molar refractivity (Wildman–Crippen MR) is 95.5 cm³/mol. The van der Waals surface area contributed by atoms with Crippen LogP contribution < -0.4 is 10.2 Å². The molecular formula is C18H18N2O3S. The second-order valence-corrected chi connectivity index (χ2v) is 6.71. The minimum atomic E-state index is -0.207. The molecular weight excluding hydrogens is 324 g/mol. The van der Waals surface area contributed by atoms with Gasteiger partial charge in [-0.25, -0.2) is 0 Å². The maximum Gasteiger partial charge on any atom is 0.237 e. The molecule has 1 heterocycles. The standard InChI is InChI=1S/C18H18N2O3S/c1-12-10-17(22)19-15-4-2-3-5-16(15)20(12)18(23)11-24-14-8-6-13(21)7-9-14/h2-9,12,21H,10-11H2,1H3,(H,19,22)/t12-/m0/s1. The third-order valence-corrected chi connectivity index (χ3v) is 4.82. The number of para-hydroxylation sites is 2. The summed E-state index contributed by atoms with van der Waals surface area (Å²) >= 11 is 1.41. The number of nitrogens with zero attached hydrogens (tertiary/aromatic N) is 1. The van der Waals surface area contributed by atoms with Crippen molar-refractivity contribution in [1.29, 1.82) is 0 Å². The number of hydrogen-bond acceptors (Lipinski definition) is 4. The highest BCUT2D eigenvalue weighted by Crippen LogP contribution is 2.32. The number of thioether (sulfide) groups is 1. The Morgan fingerprint density at radius 3 is 2.71 bits per heavy atom. The summed E-state index contributed by atoms with van der Waals surface area (Å²) < 4.78 is 0. The first-order valence-corrected chi connectivity index (χ1v) is 8.66. The lowest BCUT2D eigenvalue weighted by Gasteiger charge is -2.27. The summed E-state index contributed by atoms with van der Waals surface area (Å²) in [6.45, 7) is 1.88. The quantitative estimate of drug-likeness (QED) is 0.840. The van der Waals surface area contributed by atoms with Gasteiger partial charge < -0.3 is 15.3 Å². The fourth-order valence-corrected chi connectivity index (χ4v) is 3.48. The van der Waals surface area contributed by atoms with Crippen molar-refractivity contribution in [2.75, 3.05) is 16.0 Å². The smallest absolute Gasteiger partial charge is 0.237 e. The zero-order chi connectivity index (χ0) is 17.1. The van der Waals surface area contributed by atoms with E-state index in [9.17, 15) is 14.7 Å². The first-order chi connectivity index (χ1) is 11.5. The van der Waals surface area contributed by atoms with Crippen molar-refractivity contribution in [3.63, 3.8) is 0 Å². The molecule has 5 nitrogen and oxygen atoms in total. The minimum Gasteiger partial charge on any atom is -0.508 e. The Kier molecular flexibility index (Phi) is 4.76. The van der Waals surface area contributed by atoms with Gasteiger partial charge in [0.2, 0.25) is 11.8 Å². The molecule has 0 unspecified atom stereocenters. The second-order valence-electron chi connectivity index (χ2n) is 5.66. The van der Waals surface area contributed by atoms with Gasteiger partial charge in [0.05, 0.1) is 17.1 Å². The Morgan fingerprint density at radius 1 is 1.25 bits per heavy atom. The average molecular weight is 342 g/mol. The number of anilines is 2. The molecule has 2 aromatic rings. The van der Waals surface area contributed by atoms with Crippen LogP contribution in [0.3, 0.4) is 0 Å². The van der Waals surface area contributed by atoms with Crippen molar-refractivity contribution in [1.82, 2.24) is 0 Å². The molecule has 0 saturated heterocycles. The van der Waals surface area contributed by atoms with Crippen molar-refractivity contribution in [2.45, 2.75) is 24.3 Å². The molecule has 6 heteroatoms. The normalized spacial score (nSPS) is 17.0. The first kappa shape index (κ1) is 16.4. The van der Waals surface area contributed by atoms with E-state index in [1.165, 1.54) is 11.8 Å². The monoisotopic (exact) mass is 342 g/mol. The number of carbonyl (C=O) groups is 2. The highest BCUT2D eigenvalue weighted by Gasteiger charge is 2.29. The number of amides is 2. The molecule has 0 spiro atoms. The van der Waals surface area contributed by atoms with E-state index < -0.39 is 0 Å². The minimum absolute atomic E-state index is 0.0514. The van der Waals surface area contributed by atoms with Crippen molar-refractivity contribution < 1.29 is 14.7 Å². The average Bonchev–Trinajstić information content (AvgIpc) is 2.68. The second kappa shape index (κ2) is 6.97. The molecule has 0 radical (unpaired) electrons. The molecule has 2 amide bonds. The van der Waals surface area contributed by atoms with E-state index in [1.54, 1.807) is 35.2 Å². The number of phenols is 1. The fourth-order valence-electron chi connectivity index (χ4n) is 2.72. The maximum atomic E-state index is 12.8. The van der Waals surface area contributed by atoms with Crippen molar-refractivity contribution in [2.24, 2.45) is 0 Å². The Balaban J connectivity index is 1.79. The molecule has 0 aliphatic carbocycles. The molecule has 0 fully saturated rings. The summed E-state index contributed by atoms with van der Waals surface area (Å²) in [7, 11) is 0. The van der Waals surface area contributed by atoms with E-state index in [0.29, 0.717) is 5.69 Å². The van der Waals surface area contributed by atoms with Gasteiger partial charge in [0.15, 0.2) is 0 Å². The lowest BCUT2D eigenvalue weighted by Crippen LogP contribution is -2.40. The number of fused-ring (bicyclic) bond motifs is 1. The highest BCUT2D eigenvalue weighted by molar-refractivity contribution is 8.00. The zero-order valence-corrected chi connectivity index (χ0v) is 14.0. The van der Waals surface area contributed by atoms with Crippen molar-refractivity contribution >= 4 is 35.0 Å². The van der Waals surface area contributed by atoms with Crippen LogP contribution in [0.2, 0.25) is 0 Å². The van der Waals surface area contributed by atoms with E-state index in [2.05, 4.69) is 5.32 Å². The summed E-state index contributed by atoms with van der Waals surface area (Å²) in [5.74, 6) is 0.323. The number of aromatic hydroxyl groups is 1. The molecule has 3 rings (SSSR count). The maximum absolute atomic E-state index is 12.8. The summed E-state index contributed by atoms with van der Waals surface area (Å²) in [4.78, 5) is 27.3. The molecule has 124 valence electrons. The molecule has 1 aliphatic rings. The number of phenolic OH excluding ortho intramolecular Hbond substituents is 1. The molecule has 2 aromatic carbocycles. The third-order valence-electron chi connectivity index (χ3n) is 3.83. The van der Waals surface area contributed by atoms with Crippen LogP contribution in [0.15, 0.2) is 53.4 Å². The molecule has 24 heavy (non-hydrogen) atoms. The van der Waals surface area contributed by atoms with Crippen LogP contribution in [0, 0.1) is 0 Å². The van der Waals surface area contributed by atoms with Crippen LogP contribution >= 0.6 is 11.8 Å². The van der Waals surface area contributed by atoms with Crippen LogP contribution in [-0.4, -0.2) is 28.7 Å². The number of benzene rings is 2.